The van der Waals surface area contributed by atoms with E-state index in [1.54, 1.807) is 8.67 Å². The Morgan fingerprint density at radius 3 is 1.29 bits per heavy atom. The summed E-state index contributed by atoms with van der Waals surface area (Å²) >= 11 is -0.0341. The molecule has 0 unspecified atom stereocenters. The van der Waals surface area contributed by atoms with E-state index in [1.807, 2.05) is 0 Å². The molecule has 8 aromatic rings. The van der Waals surface area contributed by atoms with Gasteiger partial charge in [-0.1, -0.05) is 0 Å². The van der Waals surface area contributed by atoms with Gasteiger partial charge in [-0.2, -0.15) is 0 Å². The molecule has 0 amide bonds. The van der Waals surface area contributed by atoms with Gasteiger partial charge in [0.05, 0.1) is 0 Å². The SMILES string of the molecule is CC(C)(C)c1cc2c3c(c1)Nc1ccc4c5c1N3c1c(cc(C(C)(C)C)cc1B5c1[se]c3c5c1N4c1ccccc1N5c1ccc4c5c1B3c1ccc(C(C)(C)C)c3c1N5c1c(cc(C(C)(C)C)cc1N3)N4)N2. The summed E-state index contributed by atoms with van der Waals surface area (Å²) in [4.78, 5) is 10.7. The number of benzene rings is 7. The van der Waals surface area contributed by atoms with Crippen LogP contribution in [0.25, 0.3) is 0 Å². The second kappa shape index (κ2) is 12.5. The molecule has 0 radical (unpaired) electrons. The molecule has 8 nitrogen and oxygen atoms in total. The Morgan fingerprint density at radius 1 is 0.356 bits per heavy atom. The van der Waals surface area contributed by atoms with Crippen molar-refractivity contribution in [3.63, 3.8) is 0 Å². The molecule has 356 valence electrons. The minimum atomic E-state index is -0.0878. The third-order valence-corrected chi connectivity index (χ3v) is 20.4. The Morgan fingerprint density at radius 2 is 0.795 bits per heavy atom. The van der Waals surface area contributed by atoms with Gasteiger partial charge < -0.3 is 0 Å². The third kappa shape index (κ3) is 4.85. The number of para-hydroxylation sites is 2. The molecule has 11 heteroatoms. The first kappa shape index (κ1) is 41.5. The summed E-state index contributed by atoms with van der Waals surface area (Å²) in [6, 6.07) is 38.6. The van der Waals surface area contributed by atoms with Crippen LogP contribution in [0.1, 0.15) is 105 Å². The quantitative estimate of drug-likeness (QED) is 0.112. The van der Waals surface area contributed by atoms with E-state index in [2.05, 4.69) is 221 Å². The molecule has 0 spiro atoms. The molecule has 0 atom stereocenters. The molecular weight excluding hydrogens is 957 g/mol. The van der Waals surface area contributed by atoms with Gasteiger partial charge in [0.15, 0.2) is 0 Å². The summed E-state index contributed by atoms with van der Waals surface area (Å²) in [5, 5.41) is 16.4. The second-order valence-electron chi connectivity index (χ2n) is 26.2. The van der Waals surface area contributed by atoms with Crippen molar-refractivity contribution in [3.05, 3.63) is 119 Å². The zero-order chi connectivity index (χ0) is 49.6. The van der Waals surface area contributed by atoms with Crippen LogP contribution in [-0.2, 0) is 21.7 Å². The van der Waals surface area contributed by atoms with Crippen molar-refractivity contribution >= 4 is 172 Å². The molecule has 0 saturated carbocycles. The van der Waals surface area contributed by atoms with Gasteiger partial charge in [-0.25, -0.2) is 0 Å². The summed E-state index contributed by atoms with van der Waals surface area (Å²) in [5.41, 5.74) is 35.7. The molecule has 0 fully saturated rings. The summed E-state index contributed by atoms with van der Waals surface area (Å²) in [7, 11) is 0. The average Bonchev–Trinajstić information content (AvgIpc) is 3.73. The topological polar surface area (TPSA) is 61.1 Å². The molecule has 0 saturated heterocycles. The van der Waals surface area contributed by atoms with Crippen LogP contribution in [0.2, 0.25) is 0 Å². The van der Waals surface area contributed by atoms with Crippen LogP contribution in [0, 0.1) is 0 Å². The van der Waals surface area contributed by atoms with Crippen LogP contribution in [0.3, 0.4) is 0 Å². The monoisotopic (exact) mass is 1010 g/mol. The first-order chi connectivity index (χ1) is 34.7. The van der Waals surface area contributed by atoms with E-state index in [1.165, 1.54) is 146 Å². The maximum atomic E-state index is 4.17. The van der Waals surface area contributed by atoms with E-state index in [0.717, 1.165) is 11.4 Å². The van der Waals surface area contributed by atoms with Gasteiger partial charge in [-0.3, -0.25) is 0 Å². The van der Waals surface area contributed by atoms with Crippen LogP contribution in [-0.4, -0.2) is 27.9 Å². The number of anilines is 20. The Kier molecular flexibility index (Phi) is 7.12. The fraction of sp³-hybridized carbons (Fsp3) is 0.258. The number of fused-ring (bicyclic) bond motifs is 9. The van der Waals surface area contributed by atoms with Gasteiger partial charge in [-0.05, 0) is 0 Å². The van der Waals surface area contributed by atoms with E-state index in [4.69, 9.17) is 0 Å². The standard InChI is InChI=1S/C62H56B2N8Se/c1-59(2,3)29-23-34-49-37(24-29)67-40-27-30(60(4,5)6)25-38-51(40)71(49)53-35(65-38)19-22-45-47(53)64(34)58-56-55-57(73-58)63-33-18-17-32(62(10,11)12)48-50(33)72-52-39(26-31(61(7,8)9)28-41(52)68-48)66-36-20-21-44(46(63)54(36)72)69(55)42-15-13-14-16-43(42)70(45)56/h13-28,65-68H,1-12H3. The van der Waals surface area contributed by atoms with E-state index in [0.29, 0.717) is 0 Å². The van der Waals surface area contributed by atoms with E-state index < -0.39 is 0 Å². The Hall–Kier alpha value is -6.93. The van der Waals surface area contributed by atoms with Crippen LogP contribution in [0.4, 0.5) is 114 Å². The molecule has 1 aromatic heterocycles. The maximum absolute atomic E-state index is 4.17. The predicted octanol–water partition coefficient (Wildman–Crippen LogP) is 12.6. The first-order valence-corrected chi connectivity index (χ1v) is 28.1. The first-order valence-electron chi connectivity index (χ1n) is 26.3. The molecule has 0 bridgehead atoms. The number of nitrogens with one attached hydrogen (secondary N) is 4. The Labute approximate surface area is 434 Å². The summed E-state index contributed by atoms with van der Waals surface area (Å²) in [6.07, 6.45) is 0. The normalized spacial score (nSPS) is 16.2. The van der Waals surface area contributed by atoms with Crippen molar-refractivity contribution in [1.29, 1.82) is 0 Å². The van der Waals surface area contributed by atoms with E-state index in [-0.39, 0.29) is 49.6 Å². The van der Waals surface area contributed by atoms with Gasteiger partial charge in [-0.15, -0.1) is 0 Å². The number of rotatable bonds is 0. The van der Waals surface area contributed by atoms with Crippen molar-refractivity contribution in [2.75, 3.05) is 40.9 Å². The second-order valence-corrected chi connectivity index (χ2v) is 28.5. The van der Waals surface area contributed by atoms with Crippen LogP contribution >= 0.6 is 0 Å². The van der Waals surface area contributed by atoms with Gasteiger partial charge in [0.25, 0.3) is 0 Å². The molecular formula is C62H56B2N8Se. The van der Waals surface area contributed by atoms with Gasteiger partial charge in [0, 0.05) is 0 Å². The van der Waals surface area contributed by atoms with Crippen molar-refractivity contribution in [3.8, 4) is 0 Å². The zero-order valence-electron chi connectivity index (χ0n) is 43.6. The van der Waals surface area contributed by atoms with Crippen molar-refractivity contribution in [1.82, 2.24) is 0 Å². The molecule has 73 heavy (non-hydrogen) atoms. The Bertz CT molecular complexity index is 4030. The minimum absolute atomic E-state index is 0.0219. The fourth-order valence-electron chi connectivity index (χ4n) is 14.3. The molecule has 7 aromatic carbocycles. The van der Waals surface area contributed by atoms with E-state index in [9.17, 15) is 0 Å². The molecule has 10 heterocycles. The molecule has 0 aliphatic carbocycles. The van der Waals surface area contributed by atoms with Crippen molar-refractivity contribution in [2.24, 2.45) is 0 Å². The van der Waals surface area contributed by atoms with Gasteiger partial charge >= 0.3 is 437 Å². The predicted molar refractivity (Wildman–Crippen MR) is 313 cm³/mol. The zero-order valence-corrected chi connectivity index (χ0v) is 45.3. The van der Waals surface area contributed by atoms with E-state index >= 15 is 0 Å². The van der Waals surface area contributed by atoms with Gasteiger partial charge in [0.2, 0.25) is 0 Å². The van der Waals surface area contributed by atoms with Crippen LogP contribution in [0.15, 0.2) is 97.1 Å². The van der Waals surface area contributed by atoms with Gasteiger partial charge in [0.1, 0.15) is 0 Å². The van der Waals surface area contributed by atoms with Crippen LogP contribution < -0.4 is 71.4 Å². The molecule has 17 rings (SSSR count). The number of hydrogen-bond donors (Lipinski definition) is 4. The Balaban J connectivity index is 0.976. The number of hydrogen-bond acceptors (Lipinski definition) is 8. The molecule has 9 aliphatic rings. The average molecular weight is 1010 g/mol. The van der Waals surface area contributed by atoms with Crippen molar-refractivity contribution in [2.45, 2.75) is 105 Å². The van der Waals surface area contributed by atoms with Crippen molar-refractivity contribution < 1.29 is 0 Å². The third-order valence-electron chi connectivity index (χ3n) is 17.7. The summed E-state index contributed by atoms with van der Waals surface area (Å²) < 4.78 is 3.12. The fourth-order valence-corrected chi connectivity index (χ4v) is 17.5. The summed E-state index contributed by atoms with van der Waals surface area (Å²) in [6.45, 7) is 28.3. The van der Waals surface area contributed by atoms with Crippen LogP contribution in [0.5, 0.6) is 0 Å². The molecule has 4 N–H and O–H groups in total. The molecule has 9 aliphatic heterocycles. The number of nitrogens with zero attached hydrogens (tertiary/aromatic N) is 4. The summed E-state index contributed by atoms with van der Waals surface area (Å²) in [5.74, 6) is 0.